The van der Waals surface area contributed by atoms with Gasteiger partial charge in [-0.05, 0) is 36.6 Å². The van der Waals surface area contributed by atoms with Crippen LogP contribution in [0.4, 0.5) is 0 Å². The molecule has 1 unspecified atom stereocenters. The average Bonchev–Trinajstić information content (AvgIpc) is 3.69. The van der Waals surface area contributed by atoms with E-state index in [9.17, 15) is 4.79 Å². The molecule has 4 heterocycles. The normalized spacial score (nSPS) is 18.2. The highest BCUT2D eigenvalue weighted by Crippen LogP contribution is 2.39. The van der Waals surface area contributed by atoms with Gasteiger partial charge in [0.25, 0.3) is 5.91 Å². The van der Waals surface area contributed by atoms with Crippen LogP contribution in [0.25, 0.3) is 16.9 Å². The Bertz CT molecular complexity index is 1410. The number of benzene rings is 2. The number of rotatable bonds is 6. The Kier molecular flexibility index (Phi) is 6.70. The first-order chi connectivity index (χ1) is 18.2. The average molecular weight is 512 g/mol. The van der Waals surface area contributed by atoms with Crippen LogP contribution < -0.4 is 0 Å². The molecule has 4 aromatic rings. The van der Waals surface area contributed by atoms with Crippen molar-refractivity contribution in [2.45, 2.75) is 19.4 Å². The lowest BCUT2D eigenvalue weighted by Gasteiger charge is -2.29. The number of hydrogen-bond donors (Lipinski definition) is 0. The lowest BCUT2D eigenvalue weighted by atomic mass is 9.97. The molecule has 0 radical (unpaired) electrons. The quantitative estimate of drug-likeness (QED) is 0.369. The van der Waals surface area contributed by atoms with Gasteiger partial charge >= 0.3 is 0 Å². The number of amides is 1. The zero-order chi connectivity index (χ0) is 25.2. The summed E-state index contributed by atoms with van der Waals surface area (Å²) in [7, 11) is 0. The van der Waals surface area contributed by atoms with E-state index in [-0.39, 0.29) is 11.9 Å². The summed E-state index contributed by atoms with van der Waals surface area (Å²) in [6, 6.07) is 22.3. The molecule has 2 aliphatic rings. The first-order valence-electron chi connectivity index (χ1n) is 12.6. The molecule has 1 atom stereocenters. The van der Waals surface area contributed by atoms with E-state index in [2.05, 4.69) is 53.7 Å². The fraction of sp³-hybridized carbons (Fsp3) is 0.276. The van der Waals surface area contributed by atoms with Crippen LogP contribution in [0.5, 0.6) is 0 Å². The highest BCUT2D eigenvalue weighted by molar-refractivity contribution is 7.12. The molecule has 188 valence electrons. The van der Waals surface area contributed by atoms with Crippen LogP contribution in [0.15, 0.2) is 83.4 Å². The van der Waals surface area contributed by atoms with Crippen molar-refractivity contribution < 1.29 is 9.53 Å². The largest absolute Gasteiger partial charge is 0.379 e. The molecule has 0 spiro atoms. The molecule has 1 fully saturated rings. The van der Waals surface area contributed by atoms with Crippen molar-refractivity contribution in [3.63, 3.8) is 0 Å². The topological polar surface area (TPSA) is 63.0 Å². The van der Waals surface area contributed by atoms with Gasteiger partial charge in [0, 0.05) is 36.8 Å². The van der Waals surface area contributed by atoms with Crippen molar-refractivity contribution in [1.29, 1.82) is 0 Å². The number of thiophene rings is 1. The Balaban J connectivity index is 1.42. The van der Waals surface area contributed by atoms with Crippen molar-refractivity contribution in [2.75, 3.05) is 32.8 Å². The second-order valence-corrected chi connectivity index (χ2v) is 10.4. The van der Waals surface area contributed by atoms with Gasteiger partial charge in [-0.1, -0.05) is 48.0 Å². The minimum Gasteiger partial charge on any atom is -0.379 e. The zero-order valence-electron chi connectivity index (χ0n) is 20.8. The summed E-state index contributed by atoms with van der Waals surface area (Å²) in [5.74, 6) is 0.00103. The SMILES string of the molecule is Cc1cccc(-c2nn(-c3ccccc3)cc2C2CC(c3cccs3)=NN2C(=O)CN2CCOCC2)c1. The van der Waals surface area contributed by atoms with Crippen LogP contribution in [-0.2, 0) is 9.53 Å². The molecule has 37 heavy (non-hydrogen) atoms. The third-order valence-electron chi connectivity index (χ3n) is 6.85. The molecule has 0 N–H and O–H groups in total. The summed E-state index contributed by atoms with van der Waals surface area (Å²) in [6.45, 7) is 5.23. The number of carbonyl (C=O) groups excluding carboxylic acids is 1. The van der Waals surface area contributed by atoms with Gasteiger partial charge in [-0.15, -0.1) is 11.3 Å². The molecule has 8 heteroatoms. The van der Waals surface area contributed by atoms with Gasteiger partial charge < -0.3 is 4.74 Å². The Morgan fingerprint density at radius 2 is 1.89 bits per heavy atom. The van der Waals surface area contributed by atoms with E-state index in [0.717, 1.165) is 46.2 Å². The molecule has 1 amide bonds. The predicted molar refractivity (Wildman–Crippen MR) is 146 cm³/mol. The molecule has 0 saturated carbocycles. The van der Waals surface area contributed by atoms with Crippen LogP contribution in [0, 0.1) is 6.92 Å². The second-order valence-electron chi connectivity index (χ2n) is 9.45. The van der Waals surface area contributed by atoms with Crippen molar-refractivity contribution in [1.82, 2.24) is 19.7 Å². The maximum absolute atomic E-state index is 13.7. The van der Waals surface area contributed by atoms with E-state index in [1.54, 1.807) is 16.3 Å². The molecule has 1 saturated heterocycles. The maximum atomic E-state index is 13.7. The monoisotopic (exact) mass is 511 g/mol. The lowest BCUT2D eigenvalue weighted by Crippen LogP contribution is -2.43. The molecule has 2 aromatic heterocycles. The van der Waals surface area contributed by atoms with E-state index in [4.69, 9.17) is 14.9 Å². The van der Waals surface area contributed by atoms with Gasteiger partial charge in [-0.3, -0.25) is 9.69 Å². The Labute approximate surface area is 220 Å². The lowest BCUT2D eigenvalue weighted by molar-refractivity contribution is -0.135. The van der Waals surface area contributed by atoms with Gasteiger partial charge in [0.1, 0.15) is 0 Å². The number of hydrazone groups is 1. The highest BCUT2D eigenvalue weighted by Gasteiger charge is 2.37. The second kappa shape index (κ2) is 10.4. The number of para-hydroxylation sites is 1. The Morgan fingerprint density at radius 3 is 2.65 bits per heavy atom. The standard InChI is InChI=1S/C29H29N5O2S/c1-21-7-5-8-22(17-21)29-24(19-33(31-29)23-9-3-2-4-10-23)26-18-25(27-11-6-16-37-27)30-34(26)28(35)20-32-12-14-36-15-13-32/h2-11,16-17,19,26H,12-15,18,20H2,1H3. The maximum Gasteiger partial charge on any atom is 0.257 e. The number of aryl methyl sites for hydroxylation is 1. The molecule has 7 nitrogen and oxygen atoms in total. The molecule has 0 aliphatic carbocycles. The molecule has 0 bridgehead atoms. The smallest absolute Gasteiger partial charge is 0.257 e. The van der Waals surface area contributed by atoms with E-state index < -0.39 is 0 Å². The van der Waals surface area contributed by atoms with Gasteiger partial charge in [0.2, 0.25) is 0 Å². The minimum absolute atomic E-state index is 0.00103. The van der Waals surface area contributed by atoms with Crippen LogP contribution in [0.3, 0.4) is 0 Å². The van der Waals surface area contributed by atoms with Gasteiger partial charge in [0.15, 0.2) is 0 Å². The van der Waals surface area contributed by atoms with E-state index >= 15 is 0 Å². The summed E-state index contributed by atoms with van der Waals surface area (Å²) in [5.41, 5.74) is 6.00. The number of ether oxygens (including phenoxy) is 1. The molecule has 2 aromatic carbocycles. The van der Waals surface area contributed by atoms with Gasteiger partial charge in [0.05, 0.1) is 47.8 Å². The fourth-order valence-corrected chi connectivity index (χ4v) is 5.68. The Morgan fingerprint density at radius 1 is 1.05 bits per heavy atom. The van der Waals surface area contributed by atoms with Gasteiger partial charge in [-0.2, -0.15) is 10.2 Å². The summed E-state index contributed by atoms with van der Waals surface area (Å²) >= 11 is 1.65. The summed E-state index contributed by atoms with van der Waals surface area (Å²) in [4.78, 5) is 16.9. The molecular weight excluding hydrogens is 482 g/mol. The zero-order valence-corrected chi connectivity index (χ0v) is 21.6. The number of hydrogen-bond acceptors (Lipinski definition) is 6. The molecule has 2 aliphatic heterocycles. The fourth-order valence-electron chi connectivity index (χ4n) is 4.96. The number of morpholine rings is 1. The molecule has 6 rings (SSSR count). The summed E-state index contributed by atoms with van der Waals surface area (Å²) in [5, 5.41) is 13.7. The number of carbonyl (C=O) groups is 1. The van der Waals surface area contributed by atoms with Crippen molar-refractivity contribution in [2.24, 2.45) is 5.10 Å². The third-order valence-corrected chi connectivity index (χ3v) is 7.77. The number of aromatic nitrogens is 2. The first-order valence-corrected chi connectivity index (χ1v) is 13.5. The summed E-state index contributed by atoms with van der Waals surface area (Å²) < 4.78 is 7.40. The van der Waals surface area contributed by atoms with Crippen LogP contribution in [-0.4, -0.2) is 64.2 Å². The highest BCUT2D eigenvalue weighted by atomic mass is 32.1. The van der Waals surface area contributed by atoms with E-state index in [0.29, 0.717) is 26.2 Å². The van der Waals surface area contributed by atoms with E-state index in [1.165, 1.54) is 5.56 Å². The van der Waals surface area contributed by atoms with E-state index in [1.807, 2.05) is 41.1 Å². The van der Waals surface area contributed by atoms with Crippen LogP contribution in [0.2, 0.25) is 0 Å². The van der Waals surface area contributed by atoms with Gasteiger partial charge in [-0.25, -0.2) is 9.69 Å². The van der Waals surface area contributed by atoms with Crippen molar-refractivity contribution in [3.05, 3.63) is 94.3 Å². The van der Waals surface area contributed by atoms with Crippen LogP contribution >= 0.6 is 11.3 Å². The van der Waals surface area contributed by atoms with Crippen molar-refractivity contribution in [3.8, 4) is 16.9 Å². The number of nitrogens with zero attached hydrogens (tertiary/aromatic N) is 5. The minimum atomic E-state index is -0.237. The van der Waals surface area contributed by atoms with Crippen LogP contribution in [0.1, 0.15) is 28.5 Å². The predicted octanol–water partition coefficient (Wildman–Crippen LogP) is 4.92. The Hall–Kier alpha value is -3.59. The molecular formula is C29H29N5O2S. The van der Waals surface area contributed by atoms with Crippen molar-refractivity contribution >= 4 is 23.0 Å². The summed E-state index contributed by atoms with van der Waals surface area (Å²) in [6.07, 6.45) is 2.72. The first kappa shape index (κ1) is 23.8. The third kappa shape index (κ3) is 5.00.